The summed E-state index contributed by atoms with van der Waals surface area (Å²) in [7, 11) is 1.65. The van der Waals surface area contributed by atoms with Gasteiger partial charge >= 0.3 is 0 Å². The van der Waals surface area contributed by atoms with Gasteiger partial charge in [0.25, 0.3) is 0 Å². The number of hydrogen-bond acceptors (Lipinski definition) is 2. The van der Waals surface area contributed by atoms with E-state index in [9.17, 15) is 4.79 Å². The molecule has 0 aliphatic heterocycles. The van der Waals surface area contributed by atoms with Crippen molar-refractivity contribution in [1.29, 1.82) is 0 Å². The van der Waals surface area contributed by atoms with E-state index in [0.29, 0.717) is 29.4 Å². The fraction of sp³-hybridized carbons (Fsp3) is 0.250. The Balaban J connectivity index is 1.55. The lowest BCUT2D eigenvalue weighted by Gasteiger charge is -2.18. The van der Waals surface area contributed by atoms with Crippen molar-refractivity contribution in [2.45, 2.75) is 32.1 Å². The predicted octanol–water partition coefficient (Wildman–Crippen LogP) is 6.93. The average molecular weight is 495 g/mol. The van der Waals surface area contributed by atoms with Crippen molar-refractivity contribution in [3.8, 4) is 5.75 Å². The molecule has 1 atom stereocenters. The lowest BCUT2D eigenvalue weighted by atomic mass is 9.87. The number of rotatable bonds is 9. The van der Waals surface area contributed by atoms with E-state index < -0.39 is 0 Å². The van der Waals surface area contributed by atoms with Gasteiger partial charge in [0, 0.05) is 46.0 Å². The number of hydrogen-bond donors (Lipinski definition) is 2. The van der Waals surface area contributed by atoms with Crippen LogP contribution in [-0.4, -0.2) is 24.5 Å². The molecule has 4 rings (SSSR count). The van der Waals surface area contributed by atoms with E-state index in [1.807, 2.05) is 42.6 Å². The Hall–Kier alpha value is -2.95. The molecule has 1 amide bonds. The van der Waals surface area contributed by atoms with E-state index in [0.717, 1.165) is 39.8 Å². The number of nitrogens with one attached hydrogen (secondary N) is 2. The highest BCUT2D eigenvalue weighted by Crippen LogP contribution is 2.35. The van der Waals surface area contributed by atoms with Crippen molar-refractivity contribution in [2.24, 2.45) is 0 Å². The van der Waals surface area contributed by atoms with Gasteiger partial charge in [0.2, 0.25) is 5.91 Å². The number of aromatic amines is 1. The van der Waals surface area contributed by atoms with Crippen LogP contribution in [0.5, 0.6) is 5.75 Å². The zero-order chi connectivity index (χ0) is 24.1. The fourth-order valence-corrected chi connectivity index (χ4v) is 4.89. The van der Waals surface area contributed by atoms with E-state index >= 15 is 0 Å². The summed E-state index contributed by atoms with van der Waals surface area (Å²) >= 11 is 12.3. The molecule has 176 valence electrons. The summed E-state index contributed by atoms with van der Waals surface area (Å²) in [6, 6.07) is 19.7. The second kappa shape index (κ2) is 11.0. The molecule has 0 bridgehead atoms. The Bertz CT molecular complexity index is 1280. The summed E-state index contributed by atoms with van der Waals surface area (Å²) in [5.74, 6) is 0.691. The molecule has 0 saturated heterocycles. The van der Waals surface area contributed by atoms with Gasteiger partial charge in [-0.25, -0.2) is 0 Å². The number of carbonyl (C=O) groups excluding carboxylic acids is 1. The summed E-state index contributed by atoms with van der Waals surface area (Å²) in [4.78, 5) is 16.5. The van der Waals surface area contributed by atoms with Gasteiger partial charge in [0.1, 0.15) is 5.75 Å². The number of fused-ring (bicyclic) bond motifs is 1. The van der Waals surface area contributed by atoms with Gasteiger partial charge in [-0.3, -0.25) is 4.79 Å². The first-order valence-corrected chi connectivity index (χ1v) is 12.2. The number of H-pyrrole nitrogens is 1. The van der Waals surface area contributed by atoms with E-state index in [4.69, 9.17) is 27.9 Å². The maximum Gasteiger partial charge on any atom is 0.220 e. The van der Waals surface area contributed by atoms with Crippen LogP contribution in [0.2, 0.25) is 10.0 Å². The van der Waals surface area contributed by atoms with Crippen LogP contribution >= 0.6 is 23.2 Å². The third-order valence-electron chi connectivity index (χ3n) is 6.23. The second-order valence-corrected chi connectivity index (χ2v) is 9.15. The minimum atomic E-state index is -0.0918. The number of aromatic nitrogens is 1. The summed E-state index contributed by atoms with van der Waals surface area (Å²) in [6.45, 7) is 2.65. The van der Waals surface area contributed by atoms with Crippen LogP contribution in [0.4, 0.5) is 0 Å². The quantitative estimate of drug-likeness (QED) is 0.265. The summed E-state index contributed by atoms with van der Waals surface area (Å²) in [6.07, 6.45) is 3.96. The zero-order valence-corrected chi connectivity index (χ0v) is 20.8. The number of halogens is 2. The molecule has 0 fully saturated rings. The molecule has 4 nitrogen and oxygen atoms in total. The zero-order valence-electron chi connectivity index (χ0n) is 19.3. The van der Waals surface area contributed by atoms with Crippen LogP contribution in [0, 0.1) is 0 Å². The maximum absolute atomic E-state index is 13.0. The highest BCUT2D eigenvalue weighted by Gasteiger charge is 2.22. The number of benzene rings is 3. The largest absolute Gasteiger partial charge is 0.497 e. The Morgan fingerprint density at radius 3 is 2.56 bits per heavy atom. The molecule has 6 heteroatoms. The Morgan fingerprint density at radius 1 is 1.06 bits per heavy atom. The SMILES string of the molecule is CCc1cccc2c(C(CC(=O)NCCc3ccc(Cl)cc3Cl)c3ccc(OC)cc3)c[nH]c12. The molecule has 1 aromatic heterocycles. The highest BCUT2D eigenvalue weighted by atomic mass is 35.5. The van der Waals surface area contributed by atoms with Crippen molar-refractivity contribution in [3.63, 3.8) is 0 Å². The van der Waals surface area contributed by atoms with Crippen molar-refractivity contribution in [1.82, 2.24) is 10.3 Å². The number of aryl methyl sites for hydroxylation is 1. The van der Waals surface area contributed by atoms with E-state index in [1.54, 1.807) is 13.2 Å². The molecule has 0 aliphatic carbocycles. The average Bonchev–Trinajstić information content (AvgIpc) is 3.28. The predicted molar refractivity (Wildman–Crippen MR) is 140 cm³/mol. The molecule has 3 aromatic carbocycles. The smallest absolute Gasteiger partial charge is 0.220 e. The molecule has 1 heterocycles. The summed E-state index contributed by atoms with van der Waals surface area (Å²) < 4.78 is 5.33. The van der Waals surface area contributed by atoms with Crippen molar-refractivity contribution >= 4 is 40.0 Å². The van der Waals surface area contributed by atoms with Crippen molar-refractivity contribution < 1.29 is 9.53 Å². The molecular formula is C28H28Cl2N2O2. The Morgan fingerprint density at radius 2 is 1.85 bits per heavy atom. The minimum Gasteiger partial charge on any atom is -0.497 e. The lowest BCUT2D eigenvalue weighted by molar-refractivity contribution is -0.121. The minimum absolute atomic E-state index is 0.00750. The summed E-state index contributed by atoms with van der Waals surface area (Å²) in [5, 5.41) is 5.43. The first kappa shape index (κ1) is 24.2. The van der Waals surface area contributed by atoms with Gasteiger partial charge in [-0.2, -0.15) is 0 Å². The van der Waals surface area contributed by atoms with Crippen LogP contribution < -0.4 is 10.1 Å². The number of ether oxygens (including phenoxy) is 1. The number of carbonyl (C=O) groups is 1. The molecule has 34 heavy (non-hydrogen) atoms. The maximum atomic E-state index is 13.0. The Kier molecular flexibility index (Phi) is 7.81. The number of methoxy groups -OCH3 is 1. The van der Waals surface area contributed by atoms with E-state index in [2.05, 4.69) is 35.4 Å². The lowest BCUT2D eigenvalue weighted by Crippen LogP contribution is -2.27. The molecule has 1 unspecified atom stereocenters. The van der Waals surface area contributed by atoms with Crippen molar-refractivity contribution in [2.75, 3.05) is 13.7 Å². The molecule has 4 aromatic rings. The van der Waals surface area contributed by atoms with Crippen LogP contribution in [0.1, 0.15) is 41.5 Å². The molecule has 0 aliphatic rings. The molecule has 0 radical (unpaired) electrons. The van der Waals surface area contributed by atoms with Gasteiger partial charge in [-0.05, 0) is 59.4 Å². The van der Waals surface area contributed by atoms with Crippen LogP contribution in [-0.2, 0) is 17.6 Å². The number of amides is 1. The fourth-order valence-electron chi connectivity index (χ4n) is 4.38. The standard InChI is InChI=1S/C28H28Cl2N2O2/c1-3-18-5-4-6-23-25(17-32-28(18)23)24(19-8-11-22(34-2)12-9-19)16-27(33)31-14-13-20-7-10-21(29)15-26(20)30/h4-12,15,17,24,32H,3,13-14,16H2,1-2H3,(H,31,33). The third kappa shape index (κ3) is 5.40. The van der Waals surface area contributed by atoms with Crippen molar-refractivity contribution in [3.05, 3.63) is 99.2 Å². The normalized spacial score (nSPS) is 12.0. The Labute approximate surface area is 210 Å². The van der Waals surface area contributed by atoms with E-state index in [-0.39, 0.29) is 11.8 Å². The second-order valence-electron chi connectivity index (χ2n) is 8.30. The monoisotopic (exact) mass is 494 g/mol. The van der Waals surface area contributed by atoms with Gasteiger partial charge < -0.3 is 15.0 Å². The third-order valence-corrected chi connectivity index (χ3v) is 6.82. The molecule has 2 N–H and O–H groups in total. The van der Waals surface area contributed by atoms with Crippen LogP contribution in [0.3, 0.4) is 0 Å². The molecular weight excluding hydrogens is 467 g/mol. The summed E-state index contributed by atoms with van der Waals surface area (Å²) in [5.41, 5.74) is 5.55. The highest BCUT2D eigenvalue weighted by molar-refractivity contribution is 6.35. The van der Waals surface area contributed by atoms with Crippen LogP contribution in [0.25, 0.3) is 10.9 Å². The van der Waals surface area contributed by atoms with Gasteiger partial charge in [0.15, 0.2) is 0 Å². The molecule has 0 spiro atoms. The topological polar surface area (TPSA) is 54.1 Å². The first-order valence-electron chi connectivity index (χ1n) is 11.4. The first-order chi connectivity index (χ1) is 16.5. The van der Waals surface area contributed by atoms with Crippen LogP contribution in [0.15, 0.2) is 66.9 Å². The molecule has 0 saturated carbocycles. The van der Waals surface area contributed by atoms with E-state index in [1.165, 1.54) is 5.56 Å². The van der Waals surface area contributed by atoms with Gasteiger partial charge in [0.05, 0.1) is 7.11 Å². The van der Waals surface area contributed by atoms with Gasteiger partial charge in [-0.15, -0.1) is 0 Å². The van der Waals surface area contributed by atoms with Gasteiger partial charge in [-0.1, -0.05) is 66.5 Å². The number of para-hydroxylation sites is 1.